The fraction of sp³-hybridized carbons (Fsp3) is 0.263. The van der Waals surface area contributed by atoms with Crippen molar-refractivity contribution < 1.29 is 14.0 Å². The molecular formula is C19H20ClN3O3. The third-order valence-electron chi connectivity index (χ3n) is 3.77. The average Bonchev–Trinajstić information content (AvgIpc) is 3.12. The van der Waals surface area contributed by atoms with Crippen molar-refractivity contribution in [1.29, 1.82) is 0 Å². The maximum absolute atomic E-state index is 6.07. The molecule has 0 aliphatic carbocycles. The SMILES string of the molecule is COc1cccc(-c2noc(CN(C)CCOc3ccccc3Cl)n2)c1. The van der Waals surface area contributed by atoms with E-state index in [0.717, 1.165) is 11.3 Å². The van der Waals surface area contributed by atoms with Crippen molar-refractivity contribution in [3.8, 4) is 22.9 Å². The zero-order valence-electron chi connectivity index (χ0n) is 14.7. The molecule has 136 valence electrons. The van der Waals surface area contributed by atoms with Crippen LogP contribution in [-0.2, 0) is 6.54 Å². The molecule has 0 radical (unpaired) electrons. The quantitative estimate of drug-likeness (QED) is 0.596. The molecule has 3 rings (SSSR count). The highest BCUT2D eigenvalue weighted by Crippen LogP contribution is 2.23. The van der Waals surface area contributed by atoms with Gasteiger partial charge in [-0.2, -0.15) is 4.98 Å². The highest BCUT2D eigenvalue weighted by atomic mass is 35.5. The summed E-state index contributed by atoms with van der Waals surface area (Å²) in [5.41, 5.74) is 0.851. The summed E-state index contributed by atoms with van der Waals surface area (Å²) in [5.74, 6) is 2.52. The van der Waals surface area contributed by atoms with Crippen LogP contribution in [-0.4, -0.2) is 42.3 Å². The van der Waals surface area contributed by atoms with E-state index in [9.17, 15) is 0 Å². The van der Waals surface area contributed by atoms with E-state index >= 15 is 0 Å². The third-order valence-corrected chi connectivity index (χ3v) is 4.08. The Labute approximate surface area is 157 Å². The molecule has 26 heavy (non-hydrogen) atoms. The lowest BCUT2D eigenvalue weighted by Crippen LogP contribution is -2.24. The number of rotatable bonds is 8. The molecule has 0 saturated heterocycles. The Morgan fingerprint density at radius 2 is 2.00 bits per heavy atom. The summed E-state index contributed by atoms with van der Waals surface area (Å²) in [6.45, 7) is 1.74. The van der Waals surface area contributed by atoms with Crippen LogP contribution >= 0.6 is 11.6 Å². The van der Waals surface area contributed by atoms with E-state index in [4.69, 9.17) is 25.6 Å². The number of ether oxygens (including phenoxy) is 2. The van der Waals surface area contributed by atoms with Crippen LogP contribution in [0.15, 0.2) is 53.1 Å². The van der Waals surface area contributed by atoms with Crippen molar-refractivity contribution in [2.75, 3.05) is 27.3 Å². The number of hydrogen-bond acceptors (Lipinski definition) is 6. The summed E-state index contributed by atoms with van der Waals surface area (Å²) >= 11 is 6.07. The van der Waals surface area contributed by atoms with E-state index in [0.29, 0.717) is 42.2 Å². The van der Waals surface area contributed by atoms with Crippen LogP contribution in [0.25, 0.3) is 11.4 Å². The third kappa shape index (κ3) is 4.74. The van der Waals surface area contributed by atoms with Gasteiger partial charge in [0.2, 0.25) is 11.7 Å². The van der Waals surface area contributed by atoms with Crippen LogP contribution in [0.3, 0.4) is 0 Å². The number of para-hydroxylation sites is 1. The molecule has 0 atom stereocenters. The first-order valence-corrected chi connectivity index (χ1v) is 8.56. The van der Waals surface area contributed by atoms with Gasteiger partial charge in [0.15, 0.2) is 0 Å². The predicted molar refractivity (Wildman–Crippen MR) is 99.6 cm³/mol. The van der Waals surface area contributed by atoms with E-state index in [1.807, 2.05) is 54.4 Å². The van der Waals surface area contributed by atoms with Gasteiger partial charge in [-0.3, -0.25) is 4.90 Å². The molecule has 2 aromatic carbocycles. The monoisotopic (exact) mass is 373 g/mol. The second-order valence-electron chi connectivity index (χ2n) is 5.76. The largest absolute Gasteiger partial charge is 0.497 e. The minimum absolute atomic E-state index is 0.511. The van der Waals surface area contributed by atoms with Gasteiger partial charge < -0.3 is 14.0 Å². The van der Waals surface area contributed by atoms with Gasteiger partial charge in [0, 0.05) is 12.1 Å². The summed E-state index contributed by atoms with van der Waals surface area (Å²) in [6, 6.07) is 15.0. The first-order valence-electron chi connectivity index (χ1n) is 8.18. The molecule has 0 fully saturated rings. The standard InChI is InChI=1S/C19H20ClN3O3/c1-23(10-11-25-17-9-4-3-8-16(17)20)13-18-21-19(22-26-18)14-6-5-7-15(12-14)24-2/h3-9,12H,10-11,13H2,1-2H3. The Kier molecular flexibility index (Phi) is 6.09. The van der Waals surface area contributed by atoms with Crippen LogP contribution in [0.2, 0.25) is 5.02 Å². The first-order chi connectivity index (χ1) is 12.7. The summed E-state index contributed by atoms with van der Waals surface area (Å²) in [5, 5.41) is 4.64. The van der Waals surface area contributed by atoms with Gasteiger partial charge in [-0.15, -0.1) is 0 Å². The molecule has 0 saturated carbocycles. The lowest BCUT2D eigenvalue weighted by molar-refractivity contribution is 0.213. The Balaban J connectivity index is 1.52. The van der Waals surface area contributed by atoms with Crippen LogP contribution in [0, 0.1) is 0 Å². The normalized spacial score (nSPS) is 10.9. The molecule has 1 aromatic heterocycles. The predicted octanol–water partition coefficient (Wildman–Crippen LogP) is 3.91. The summed E-state index contributed by atoms with van der Waals surface area (Å²) < 4.78 is 16.3. The van der Waals surface area contributed by atoms with Gasteiger partial charge in [0.1, 0.15) is 18.1 Å². The van der Waals surface area contributed by atoms with Crippen molar-refractivity contribution in [1.82, 2.24) is 15.0 Å². The Morgan fingerprint density at radius 3 is 2.81 bits per heavy atom. The molecule has 3 aromatic rings. The minimum Gasteiger partial charge on any atom is -0.497 e. The molecule has 0 aliphatic heterocycles. The number of benzene rings is 2. The molecule has 0 bridgehead atoms. The molecule has 0 aliphatic rings. The fourth-order valence-corrected chi connectivity index (χ4v) is 2.57. The van der Waals surface area contributed by atoms with E-state index in [-0.39, 0.29) is 0 Å². The summed E-state index contributed by atoms with van der Waals surface area (Å²) in [6.07, 6.45) is 0. The van der Waals surface area contributed by atoms with Crippen LogP contribution in [0.4, 0.5) is 0 Å². The van der Waals surface area contributed by atoms with Gasteiger partial charge >= 0.3 is 0 Å². The average molecular weight is 374 g/mol. The first kappa shape index (κ1) is 18.2. The number of likely N-dealkylation sites (N-methyl/N-ethyl adjacent to an activating group) is 1. The molecule has 7 heteroatoms. The van der Waals surface area contributed by atoms with E-state index < -0.39 is 0 Å². The number of aromatic nitrogens is 2. The van der Waals surface area contributed by atoms with Crippen LogP contribution < -0.4 is 9.47 Å². The maximum Gasteiger partial charge on any atom is 0.241 e. The second kappa shape index (κ2) is 8.69. The fourth-order valence-electron chi connectivity index (χ4n) is 2.38. The number of nitrogens with zero attached hydrogens (tertiary/aromatic N) is 3. The van der Waals surface area contributed by atoms with Crippen molar-refractivity contribution in [2.45, 2.75) is 6.54 Å². The van der Waals surface area contributed by atoms with Crippen molar-refractivity contribution >= 4 is 11.6 Å². The van der Waals surface area contributed by atoms with Crippen LogP contribution in [0.5, 0.6) is 11.5 Å². The number of halogens is 1. The Morgan fingerprint density at radius 1 is 1.15 bits per heavy atom. The molecule has 0 spiro atoms. The molecule has 0 amide bonds. The van der Waals surface area contributed by atoms with Gasteiger partial charge in [-0.25, -0.2) is 0 Å². The molecule has 0 unspecified atom stereocenters. The van der Waals surface area contributed by atoms with Crippen LogP contribution in [0.1, 0.15) is 5.89 Å². The lowest BCUT2D eigenvalue weighted by Gasteiger charge is -2.15. The number of methoxy groups -OCH3 is 1. The zero-order valence-corrected chi connectivity index (χ0v) is 15.4. The van der Waals surface area contributed by atoms with E-state index in [2.05, 4.69) is 10.1 Å². The number of hydrogen-bond donors (Lipinski definition) is 0. The van der Waals surface area contributed by atoms with E-state index in [1.165, 1.54) is 0 Å². The Bertz CT molecular complexity index is 853. The van der Waals surface area contributed by atoms with Crippen molar-refractivity contribution in [3.63, 3.8) is 0 Å². The van der Waals surface area contributed by atoms with Gasteiger partial charge in [-0.1, -0.05) is 41.0 Å². The van der Waals surface area contributed by atoms with Gasteiger partial charge in [0.05, 0.1) is 18.7 Å². The Hall–Kier alpha value is -2.57. The van der Waals surface area contributed by atoms with Crippen molar-refractivity contribution in [3.05, 3.63) is 59.4 Å². The molecular weight excluding hydrogens is 354 g/mol. The summed E-state index contributed by atoms with van der Waals surface area (Å²) in [7, 11) is 3.59. The minimum atomic E-state index is 0.511. The van der Waals surface area contributed by atoms with E-state index in [1.54, 1.807) is 13.2 Å². The zero-order chi connectivity index (χ0) is 18.4. The topological polar surface area (TPSA) is 60.6 Å². The maximum atomic E-state index is 6.07. The second-order valence-corrected chi connectivity index (χ2v) is 6.17. The van der Waals surface area contributed by atoms with Gasteiger partial charge in [0.25, 0.3) is 0 Å². The smallest absolute Gasteiger partial charge is 0.241 e. The highest BCUT2D eigenvalue weighted by Gasteiger charge is 2.11. The summed E-state index contributed by atoms with van der Waals surface area (Å²) in [4.78, 5) is 6.48. The molecule has 1 heterocycles. The molecule has 0 N–H and O–H groups in total. The van der Waals surface area contributed by atoms with Crippen molar-refractivity contribution in [2.24, 2.45) is 0 Å². The lowest BCUT2D eigenvalue weighted by atomic mass is 10.2. The van der Waals surface area contributed by atoms with Gasteiger partial charge in [-0.05, 0) is 31.3 Å². The highest BCUT2D eigenvalue weighted by molar-refractivity contribution is 6.32. The molecule has 6 nitrogen and oxygen atoms in total.